The van der Waals surface area contributed by atoms with E-state index in [4.69, 9.17) is 0 Å². The van der Waals surface area contributed by atoms with Crippen molar-refractivity contribution < 1.29 is 8.42 Å². The van der Waals surface area contributed by atoms with E-state index < -0.39 is 10.0 Å². The molecule has 2 heterocycles. The lowest BCUT2D eigenvalue weighted by atomic mass is 10.1. The summed E-state index contributed by atoms with van der Waals surface area (Å²) in [5.41, 5.74) is 0. The minimum Gasteiger partial charge on any atom is -0.315 e. The van der Waals surface area contributed by atoms with Crippen molar-refractivity contribution in [1.29, 1.82) is 0 Å². The molecule has 84 valence electrons. The Kier molecular flexibility index (Phi) is 3.03. The highest BCUT2D eigenvalue weighted by atomic mass is 32.2. The molecule has 1 aliphatic heterocycles. The number of hydrogen-bond acceptors (Lipinski definition) is 4. The van der Waals surface area contributed by atoms with Gasteiger partial charge in [0.25, 0.3) is 0 Å². The highest BCUT2D eigenvalue weighted by molar-refractivity contribution is 7.89. The van der Waals surface area contributed by atoms with Crippen molar-refractivity contribution in [1.82, 2.24) is 20.2 Å². The van der Waals surface area contributed by atoms with Crippen molar-refractivity contribution in [3.63, 3.8) is 0 Å². The number of H-pyrrole nitrogens is 1. The molecule has 1 aliphatic rings. The van der Waals surface area contributed by atoms with Crippen LogP contribution in [0.4, 0.5) is 0 Å². The number of nitrogens with one attached hydrogen (secondary N) is 3. The minimum atomic E-state index is -3.40. The molecule has 0 aliphatic carbocycles. The van der Waals surface area contributed by atoms with E-state index in [0.29, 0.717) is 6.54 Å². The second-order valence-electron chi connectivity index (χ2n) is 3.60. The van der Waals surface area contributed by atoms with E-state index in [1.165, 1.54) is 12.4 Å². The van der Waals surface area contributed by atoms with Gasteiger partial charge >= 0.3 is 0 Å². The molecule has 6 nitrogen and oxygen atoms in total. The van der Waals surface area contributed by atoms with Gasteiger partial charge in [-0.05, 0) is 19.4 Å². The summed E-state index contributed by atoms with van der Waals surface area (Å²) in [6.45, 7) is 1.65. The third-order valence-corrected chi connectivity index (χ3v) is 3.89. The van der Waals surface area contributed by atoms with E-state index >= 15 is 0 Å². The van der Waals surface area contributed by atoms with Crippen LogP contribution in [0.2, 0.25) is 0 Å². The van der Waals surface area contributed by atoms with Crippen molar-refractivity contribution in [3.05, 3.63) is 12.4 Å². The lowest BCUT2D eigenvalue weighted by molar-refractivity contribution is 0.428. The van der Waals surface area contributed by atoms with Gasteiger partial charge in [-0.15, -0.1) is 0 Å². The maximum Gasteiger partial charge on any atom is 0.243 e. The van der Waals surface area contributed by atoms with Gasteiger partial charge in [-0.25, -0.2) is 13.1 Å². The molecule has 1 fully saturated rings. The highest BCUT2D eigenvalue weighted by Gasteiger charge is 2.21. The predicted molar refractivity (Wildman–Crippen MR) is 54.8 cm³/mol. The van der Waals surface area contributed by atoms with Crippen molar-refractivity contribution in [2.45, 2.75) is 23.8 Å². The first-order valence-electron chi connectivity index (χ1n) is 4.90. The van der Waals surface area contributed by atoms with Crippen molar-refractivity contribution in [3.8, 4) is 0 Å². The number of hydrogen-bond donors (Lipinski definition) is 3. The fourth-order valence-electron chi connectivity index (χ4n) is 1.63. The SMILES string of the molecule is O=S(=O)(NC1CCCNC1)c1cn[nH]c1. The van der Waals surface area contributed by atoms with Gasteiger partial charge in [-0.3, -0.25) is 5.10 Å². The lowest BCUT2D eigenvalue weighted by Gasteiger charge is -2.23. The summed E-state index contributed by atoms with van der Waals surface area (Å²) in [5, 5.41) is 9.26. The van der Waals surface area contributed by atoms with Crippen LogP contribution >= 0.6 is 0 Å². The molecule has 0 saturated carbocycles. The number of aromatic nitrogens is 2. The predicted octanol–water partition coefficient (Wildman–Crippen LogP) is -0.560. The lowest BCUT2D eigenvalue weighted by Crippen LogP contribution is -2.45. The summed E-state index contributed by atoms with van der Waals surface area (Å²) in [6.07, 6.45) is 4.56. The molecule has 1 saturated heterocycles. The van der Waals surface area contributed by atoms with Crippen LogP contribution in [0.3, 0.4) is 0 Å². The van der Waals surface area contributed by atoms with E-state index in [0.717, 1.165) is 19.4 Å². The van der Waals surface area contributed by atoms with Gasteiger partial charge < -0.3 is 5.32 Å². The second kappa shape index (κ2) is 4.30. The van der Waals surface area contributed by atoms with Crippen LogP contribution in [0.1, 0.15) is 12.8 Å². The third kappa shape index (κ3) is 2.55. The Morgan fingerprint density at radius 3 is 3.00 bits per heavy atom. The monoisotopic (exact) mass is 230 g/mol. The minimum absolute atomic E-state index is 0.0151. The molecule has 0 spiro atoms. The van der Waals surface area contributed by atoms with E-state index in [-0.39, 0.29) is 10.9 Å². The molecule has 1 unspecified atom stereocenters. The molecule has 1 aromatic heterocycles. The summed E-state index contributed by atoms with van der Waals surface area (Å²) in [4.78, 5) is 0.188. The Morgan fingerprint density at radius 2 is 2.40 bits per heavy atom. The van der Waals surface area contributed by atoms with Gasteiger partial charge in [0.2, 0.25) is 10.0 Å². The number of piperidine rings is 1. The first-order valence-corrected chi connectivity index (χ1v) is 6.38. The number of sulfonamides is 1. The molecule has 7 heteroatoms. The normalized spacial score (nSPS) is 22.8. The summed E-state index contributed by atoms with van der Waals surface area (Å²) < 4.78 is 26.2. The molecule has 0 bridgehead atoms. The summed E-state index contributed by atoms with van der Waals surface area (Å²) in [5.74, 6) is 0. The molecule has 2 rings (SSSR count). The maximum absolute atomic E-state index is 11.8. The van der Waals surface area contributed by atoms with Crippen LogP contribution in [0.25, 0.3) is 0 Å². The van der Waals surface area contributed by atoms with Crippen LogP contribution in [0, 0.1) is 0 Å². The van der Waals surface area contributed by atoms with Crippen molar-refractivity contribution in [2.24, 2.45) is 0 Å². The number of aromatic amines is 1. The van der Waals surface area contributed by atoms with Gasteiger partial charge in [0, 0.05) is 18.8 Å². The van der Waals surface area contributed by atoms with Gasteiger partial charge in [-0.1, -0.05) is 0 Å². The van der Waals surface area contributed by atoms with Crippen LogP contribution in [0.15, 0.2) is 17.3 Å². The van der Waals surface area contributed by atoms with E-state index in [1.807, 2.05) is 0 Å². The van der Waals surface area contributed by atoms with Crippen LogP contribution in [0.5, 0.6) is 0 Å². The second-order valence-corrected chi connectivity index (χ2v) is 5.31. The molecular formula is C8H14N4O2S. The van der Waals surface area contributed by atoms with Gasteiger partial charge in [0.05, 0.1) is 6.20 Å². The molecule has 1 aromatic rings. The van der Waals surface area contributed by atoms with Gasteiger partial charge in [0.15, 0.2) is 0 Å². The molecule has 0 amide bonds. The van der Waals surface area contributed by atoms with E-state index in [1.54, 1.807) is 0 Å². The van der Waals surface area contributed by atoms with Crippen molar-refractivity contribution >= 4 is 10.0 Å². The number of rotatable bonds is 3. The average molecular weight is 230 g/mol. The molecule has 0 radical (unpaired) electrons. The zero-order valence-corrected chi connectivity index (χ0v) is 9.05. The Hall–Kier alpha value is -0.920. The van der Waals surface area contributed by atoms with Crippen molar-refractivity contribution in [2.75, 3.05) is 13.1 Å². The zero-order chi connectivity index (χ0) is 10.7. The van der Waals surface area contributed by atoms with Crippen LogP contribution in [-0.4, -0.2) is 37.7 Å². The maximum atomic E-state index is 11.8. The highest BCUT2D eigenvalue weighted by Crippen LogP contribution is 2.09. The zero-order valence-electron chi connectivity index (χ0n) is 8.23. The Bertz CT molecular complexity index is 394. The first-order chi connectivity index (χ1) is 7.18. The topological polar surface area (TPSA) is 86.9 Å². The molecule has 0 aromatic carbocycles. The molecular weight excluding hydrogens is 216 g/mol. The molecule has 15 heavy (non-hydrogen) atoms. The Balaban J connectivity index is 2.04. The van der Waals surface area contributed by atoms with Crippen LogP contribution < -0.4 is 10.0 Å². The smallest absolute Gasteiger partial charge is 0.243 e. The standard InChI is InChI=1S/C8H14N4O2S/c13-15(14,8-5-10-11-6-8)12-7-2-1-3-9-4-7/h5-7,9,12H,1-4H2,(H,10,11). The van der Waals surface area contributed by atoms with Crippen LogP contribution in [-0.2, 0) is 10.0 Å². The summed E-state index contributed by atoms with van der Waals surface area (Å²) in [6, 6.07) is -0.0151. The van der Waals surface area contributed by atoms with Gasteiger partial charge in [0.1, 0.15) is 4.90 Å². The molecule has 3 N–H and O–H groups in total. The fraction of sp³-hybridized carbons (Fsp3) is 0.625. The van der Waals surface area contributed by atoms with E-state index in [9.17, 15) is 8.42 Å². The quantitative estimate of drug-likeness (QED) is 0.649. The average Bonchev–Trinajstić information content (AvgIpc) is 2.71. The Labute approximate surface area is 88.5 Å². The molecule has 1 atom stereocenters. The first kappa shape index (κ1) is 10.6. The largest absolute Gasteiger partial charge is 0.315 e. The number of nitrogens with zero attached hydrogens (tertiary/aromatic N) is 1. The summed E-state index contributed by atoms with van der Waals surface area (Å²) >= 11 is 0. The third-order valence-electron chi connectivity index (χ3n) is 2.40. The van der Waals surface area contributed by atoms with Gasteiger partial charge in [-0.2, -0.15) is 5.10 Å². The Morgan fingerprint density at radius 1 is 1.53 bits per heavy atom. The van der Waals surface area contributed by atoms with E-state index in [2.05, 4.69) is 20.2 Å². The fourth-order valence-corrected chi connectivity index (χ4v) is 2.80. The summed E-state index contributed by atoms with van der Waals surface area (Å²) in [7, 11) is -3.40.